The van der Waals surface area contributed by atoms with Gasteiger partial charge in [0.1, 0.15) is 6.04 Å². The monoisotopic (exact) mass is 213 g/mol. The molecule has 1 N–H and O–H groups in total. The summed E-state index contributed by atoms with van der Waals surface area (Å²) in [5, 5.41) is 2.41. The zero-order chi connectivity index (χ0) is 10.8. The van der Waals surface area contributed by atoms with Crippen molar-refractivity contribution in [2.45, 2.75) is 18.3 Å². The van der Waals surface area contributed by atoms with E-state index in [1.165, 1.54) is 7.11 Å². The number of rotatable bonds is 1. The molecule has 0 amide bonds. The molecule has 0 aromatic rings. The Morgan fingerprint density at radius 1 is 1.57 bits per heavy atom. The van der Waals surface area contributed by atoms with Gasteiger partial charge in [-0.3, -0.25) is 10.1 Å². The molecule has 4 nitrogen and oxygen atoms in total. The molecular weight excluding hydrogens is 203 g/mol. The van der Waals surface area contributed by atoms with Crippen LogP contribution in [0.4, 0.5) is 13.2 Å². The third-order valence-corrected chi connectivity index (χ3v) is 1.86. The molecule has 0 aromatic heterocycles. The highest BCUT2D eigenvalue weighted by Crippen LogP contribution is 2.24. The topological polar surface area (TPSA) is 47.6 Å². The second kappa shape index (κ2) is 4.14. The van der Waals surface area contributed by atoms with Crippen LogP contribution >= 0.6 is 0 Å². The summed E-state index contributed by atoms with van der Waals surface area (Å²) >= 11 is 0. The molecule has 14 heavy (non-hydrogen) atoms. The van der Waals surface area contributed by atoms with Gasteiger partial charge in [-0.15, -0.1) is 0 Å². The number of hydrogen-bond donors (Lipinski definition) is 1. The molecule has 1 aliphatic heterocycles. The summed E-state index contributed by atoms with van der Waals surface area (Å²) in [4.78, 5) is 10.9. The average molecular weight is 213 g/mol. The van der Waals surface area contributed by atoms with E-state index in [0.29, 0.717) is 0 Å². The van der Waals surface area contributed by atoms with Crippen molar-refractivity contribution in [2.24, 2.45) is 0 Å². The van der Waals surface area contributed by atoms with Crippen molar-refractivity contribution >= 4 is 5.97 Å². The van der Waals surface area contributed by atoms with Gasteiger partial charge in [-0.25, -0.2) is 0 Å². The number of ether oxygens (including phenoxy) is 2. The Bertz CT molecular complexity index is 211. The minimum absolute atomic E-state index is 0.323. The zero-order valence-electron chi connectivity index (χ0n) is 7.43. The zero-order valence-corrected chi connectivity index (χ0v) is 7.43. The Balaban J connectivity index is 2.43. The lowest BCUT2D eigenvalue weighted by Gasteiger charge is -2.29. The van der Waals surface area contributed by atoms with Gasteiger partial charge >= 0.3 is 12.1 Å². The molecule has 0 aliphatic carbocycles. The molecule has 0 saturated carbocycles. The van der Waals surface area contributed by atoms with Crippen LogP contribution in [0, 0.1) is 0 Å². The molecule has 2 atom stereocenters. The van der Waals surface area contributed by atoms with Crippen molar-refractivity contribution in [1.29, 1.82) is 0 Å². The lowest BCUT2D eigenvalue weighted by atomic mass is 10.2. The third-order valence-electron chi connectivity index (χ3n) is 1.86. The summed E-state index contributed by atoms with van der Waals surface area (Å²) in [6.07, 6.45) is -6.24. The Morgan fingerprint density at radius 3 is 2.57 bits per heavy atom. The van der Waals surface area contributed by atoms with Crippen LogP contribution in [0.25, 0.3) is 0 Å². The van der Waals surface area contributed by atoms with E-state index in [1.807, 2.05) is 0 Å². The fraction of sp³-hybridized carbons (Fsp3) is 0.857. The van der Waals surface area contributed by atoms with Crippen LogP contribution in [0.15, 0.2) is 0 Å². The van der Waals surface area contributed by atoms with E-state index in [0.717, 1.165) is 0 Å². The van der Waals surface area contributed by atoms with Crippen LogP contribution in [0.5, 0.6) is 0 Å². The van der Waals surface area contributed by atoms with E-state index in [4.69, 9.17) is 0 Å². The fourth-order valence-electron chi connectivity index (χ4n) is 1.08. The summed E-state index contributed by atoms with van der Waals surface area (Å²) < 4.78 is 45.0. The first-order chi connectivity index (χ1) is 6.45. The summed E-state index contributed by atoms with van der Waals surface area (Å²) in [7, 11) is 1.17. The average Bonchev–Trinajstić information content (AvgIpc) is 2.15. The van der Waals surface area contributed by atoms with Gasteiger partial charge in [-0.05, 0) is 0 Å². The Labute approximate surface area is 78.4 Å². The van der Waals surface area contributed by atoms with Gasteiger partial charge in [0.15, 0.2) is 6.10 Å². The number of methoxy groups -OCH3 is 1. The number of nitrogens with one attached hydrogen (secondary N) is 1. The van der Waals surface area contributed by atoms with E-state index in [9.17, 15) is 18.0 Å². The van der Waals surface area contributed by atoms with Crippen LogP contribution in [-0.4, -0.2) is 44.6 Å². The van der Waals surface area contributed by atoms with Crippen LogP contribution < -0.4 is 5.32 Å². The molecule has 0 radical (unpaired) electrons. The van der Waals surface area contributed by atoms with Crippen LogP contribution in [-0.2, 0) is 14.3 Å². The lowest BCUT2D eigenvalue weighted by Crippen LogP contribution is -2.54. The second-order valence-corrected chi connectivity index (χ2v) is 2.85. The van der Waals surface area contributed by atoms with Gasteiger partial charge in [0.05, 0.1) is 13.7 Å². The van der Waals surface area contributed by atoms with Gasteiger partial charge < -0.3 is 9.47 Å². The molecule has 82 valence electrons. The normalized spacial score (nSPS) is 28.6. The van der Waals surface area contributed by atoms with Gasteiger partial charge in [0.2, 0.25) is 0 Å². The predicted octanol–water partition coefficient (Wildman–Crippen LogP) is 0.0787. The maximum Gasteiger partial charge on any atom is 0.415 e. The number of morpholine rings is 1. The molecule has 1 aliphatic rings. The van der Waals surface area contributed by atoms with Crippen molar-refractivity contribution < 1.29 is 27.4 Å². The first kappa shape index (κ1) is 11.3. The molecule has 0 bridgehead atoms. The number of carbonyl (C=O) groups excluding carboxylic acids is 1. The highest BCUT2D eigenvalue weighted by atomic mass is 19.4. The number of carbonyl (C=O) groups is 1. The predicted molar refractivity (Wildman–Crippen MR) is 39.6 cm³/mol. The molecule has 1 rings (SSSR count). The number of halogens is 3. The first-order valence-corrected chi connectivity index (χ1v) is 3.94. The molecular formula is C7H10F3NO3. The highest BCUT2D eigenvalue weighted by Gasteiger charge is 2.44. The van der Waals surface area contributed by atoms with Crippen molar-refractivity contribution in [3.63, 3.8) is 0 Å². The van der Waals surface area contributed by atoms with Crippen molar-refractivity contribution in [3.8, 4) is 0 Å². The van der Waals surface area contributed by atoms with E-state index < -0.39 is 30.8 Å². The minimum atomic E-state index is -4.39. The molecule has 1 heterocycles. The number of esters is 1. The lowest BCUT2D eigenvalue weighted by molar-refractivity contribution is -0.230. The Kier molecular flexibility index (Phi) is 3.33. The molecule has 1 saturated heterocycles. The van der Waals surface area contributed by atoms with Crippen LogP contribution in [0.2, 0.25) is 0 Å². The second-order valence-electron chi connectivity index (χ2n) is 2.85. The molecule has 0 unspecified atom stereocenters. The maximum absolute atomic E-state index is 12.1. The standard InChI is InChI=1S/C7H10F3NO3/c1-13-6(12)4-3-14-5(2-11-4)7(8,9)10/h4-5,11H,2-3H2,1H3/t4-,5-/m1/s1. The van der Waals surface area contributed by atoms with Crippen LogP contribution in [0.3, 0.4) is 0 Å². The maximum atomic E-state index is 12.1. The SMILES string of the molecule is COC(=O)[C@H]1CO[C@@H](C(F)(F)F)CN1. The number of hydrogen-bond acceptors (Lipinski definition) is 4. The summed E-state index contributed by atoms with van der Waals surface area (Å²) in [6.45, 7) is -0.750. The third kappa shape index (κ3) is 2.58. The van der Waals surface area contributed by atoms with Crippen molar-refractivity contribution in [2.75, 3.05) is 20.3 Å². The fourth-order valence-corrected chi connectivity index (χ4v) is 1.08. The van der Waals surface area contributed by atoms with Gasteiger partial charge in [-0.1, -0.05) is 0 Å². The summed E-state index contributed by atoms with van der Waals surface area (Å²) in [5.74, 6) is -0.620. The molecule has 0 aromatic carbocycles. The van der Waals surface area contributed by atoms with Gasteiger partial charge in [0.25, 0.3) is 0 Å². The van der Waals surface area contributed by atoms with Gasteiger partial charge in [-0.2, -0.15) is 13.2 Å². The highest BCUT2D eigenvalue weighted by molar-refractivity contribution is 5.75. The quantitative estimate of drug-likeness (QED) is 0.626. The Morgan fingerprint density at radius 2 is 2.21 bits per heavy atom. The Hall–Kier alpha value is -0.820. The summed E-state index contributed by atoms with van der Waals surface area (Å²) in [6, 6.07) is -0.807. The van der Waals surface area contributed by atoms with Crippen molar-refractivity contribution in [1.82, 2.24) is 5.32 Å². The number of alkyl halides is 3. The van der Waals surface area contributed by atoms with Crippen LogP contribution in [0.1, 0.15) is 0 Å². The largest absolute Gasteiger partial charge is 0.468 e. The van der Waals surface area contributed by atoms with E-state index in [-0.39, 0.29) is 6.61 Å². The van der Waals surface area contributed by atoms with Gasteiger partial charge in [0, 0.05) is 6.54 Å². The van der Waals surface area contributed by atoms with E-state index in [2.05, 4.69) is 14.8 Å². The minimum Gasteiger partial charge on any atom is -0.468 e. The molecule has 1 fully saturated rings. The molecule has 0 spiro atoms. The first-order valence-electron chi connectivity index (χ1n) is 3.94. The van der Waals surface area contributed by atoms with E-state index >= 15 is 0 Å². The smallest absolute Gasteiger partial charge is 0.415 e. The summed E-state index contributed by atoms with van der Waals surface area (Å²) in [5.41, 5.74) is 0. The van der Waals surface area contributed by atoms with E-state index in [1.54, 1.807) is 0 Å². The molecule has 7 heteroatoms. The van der Waals surface area contributed by atoms with Crippen molar-refractivity contribution in [3.05, 3.63) is 0 Å².